The van der Waals surface area contributed by atoms with Crippen LogP contribution < -0.4 is 0 Å². The van der Waals surface area contributed by atoms with Crippen molar-refractivity contribution < 1.29 is 34.1 Å². The molecule has 7 heteroatoms. The Kier molecular flexibility index (Phi) is 4.98. The van der Waals surface area contributed by atoms with Gasteiger partial charge in [0.25, 0.3) is 0 Å². The van der Waals surface area contributed by atoms with E-state index < -0.39 is 29.3 Å². The maximum atomic E-state index is 10.4. The lowest BCUT2D eigenvalue weighted by molar-refractivity contribution is -0.150. The highest BCUT2D eigenvalue weighted by molar-refractivity contribution is 6.04. The predicted octanol–water partition coefficient (Wildman–Crippen LogP) is 0.364. The van der Waals surface area contributed by atoms with E-state index in [1.54, 1.807) is 0 Å². The zero-order valence-electron chi connectivity index (χ0n) is 9.80. The van der Waals surface area contributed by atoms with Crippen molar-refractivity contribution in [1.29, 1.82) is 0 Å². The minimum atomic E-state index is -1.40. The van der Waals surface area contributed by atoms with Gasteiger partial charge in [-0.05, 0) is 13.8 Å². The van der Waals surface area contributed by atoms with E-state index in [0.29, 0.717) is 0 Å². The molecule has 0 saturated heterocycles. The van der Waals surface area contributed by atoms with Crippen molar-refractivity contribution in [3.63, 3.8) is 0 Å². The van der Waals surface area contributed by atoms with E-state index in [2.05, 4.69) is 11.3 Å². The lowest BCUT2D eigenvalue weighted by Crippen LogP contribution is -2.29. The van der Waals surface area contributed by atoms with Crippen LogP contribution in [0.1, 0.15) is 13.8 Å². The van der Waals surface area contributed by atoms with Crippen molar-refractivity contribution in [2.45, 2.75) is 13.8 Å². The number of cyclic esters (lactones) is 2. The quantitative estimate of drug-likeness (QED) is 0.425. The molecular weight excluding hydrogens is 244 g/mol. The molecule has 18 heavy (non-hydrogen) atoms. The molecule has 0 bridgehead atoms. The van der Waals surface area contributed by atoms with Crippen molar-refractivity contribution in [1.82, 2.24) is 0 Å². The van der Waals surface area contributed by atoms with Crippen LogP contribution in [-0.4, -0.2) is 34.1 Å². The van der Waals surface area contributed by atoms with Gasteiger partial charge in [-0.3, -0.25) is 4.79 Å². The van der Waals surface area contributed by atoms with Gasteiger partial charge in [-0.15, -0.1) is 0 Å². The summed E-state index contributed by atoms with van der Waals surface area (Å²) in [4.78, 5) is 40.6. The van der Waals surface area contributed by atoms with Crippen LogP contribution >= 0.6 is 0 Å². The first-order valence-corrected chi connectivity index (χ1v) is 4.69. The molecule has 0 spiro atoms. The summed E-state index contributed by atoms with van der Waals surface area (Å²) < 4.78 is 3.97. The highest BCUT2D eigenvalue weighted by Crippen LogP contribution is 2.24. The molecule has 1 aliphatic rings. The third-order valence-electron chi connectivity index (χ3n) is 2.10. The predicted molar refractivity (Wildman–Crippen MR) is 58.4 cm³/mol. The Balaban J connectivity index is 0.000000351. The first kappa shape index (κ1) is 15.6. The second kappa shape index (κ2) is 5.76. The maximum absolute atomic E-state index is 10.4. The van der Waals surface area contributed by atoms with Gasteiger partial charge in [-0.1, -0.05) is 6.58 Å². The normalized spacial score (nSPS) is 13.4. The molecule has 0 aromatic carbocycles. The molecule has 0 fully saturated rings. The molecular formula is C11H12O7. The molecule has 0 radical (unpaired) electrons. The Morgan fingerprint density at radius 3 is 1.67 bits per heavy atom. The average molecular weight is 256 g/mol. The highest BCUT2D eigenvalue weighted by Gasteiger charge is 2.34. The summed E-state index contributed by atoms with van der Waals surface area (Å²) >= 11 is 0. The van der Waals surface area contributed by atoms with Crippen LogP contribution in [0, 0.1) is 5.41 Å². The Labute approximate surface area is 102 Å². The lowest BCUT2D eigenvalue weighted by Gasteiger charge is -2.18. The molecule has 0 saturated carbocycles. The third kappa shape index (κ3) is 4.20. The van der Waals surface area contributed by atoms with Crippen LogP contribution in [0.4, 0.5) is 0 Å². The number of hydrogen-bond donors (Lipinski definition) is 2. The minimum Gasteiger partial charge on any atom is -0.481 e. The summed E-state index contributed by atoms with van der Waals surface area (Å²) in [6, 6.07) is 0. The Bertz CT molecular complexity index is 426. The first-order chi connectivity index (χ1) is 8.09. The molecule has 0 aromatic rings. The third-order valence-corrected chi connectivity index (χ3v) is 2.10. The number of carboxylic acid groups (broad SMARTS) is 2. The van der Waals surface area contributed by atoms with Crippen LogP contribution in [0.25, 0.3) is 0 Å². The average Bonchev–Trinajstić information content (AvgIpc) is 2.61. The summed E-state index contributed by atoms with van der Waals surface area (Å²) in [6.45, 7) is 5.76. The SMILES string of the molecule is C=C(C(=O)O)C(C)(C)C(=O)O.O=C1C=CC(=O)O1. The van der Waals surface area contributed by atoms with Crippen LogP contribution in [0.3, 0.4) is 0 Å². The summed E-state index contributed by atoms with van der Waals surface area (Å²) in [7, 11) is 0. The maximum Gasteiger partial charge on any atom is 0.338 e. The lowest BCUT2D eigenvalue weighted by atomic mass is 9.85. The summed E-state index contributed by atoms with van der Waals surface area (Å²) in [5.74, 6) is -3.63. The van der Waals surface area contributed by atoms with Crippen molar-refractivity contribution in [3.8, 4) is 0 Å². The highest BCUT2D eigenvalue weighted by atomic mass is 16.6. The number of carboxylic acids is 2. The second-order valence-electron chi connectivity index (χ2n) is 3.79. The Morgan fingerprint density at radius 1 is 1.17 bits per heavy atom. The molecule has 0 atom stereocenters. The van der Waals surface area contributed by atoms with Gasteiger partial charge in [0.2, 0.25) is 0 Å². The van der Waals surface area contributed by atoms with Gasteiger partial charge < -0.3 is 14.9 Å². The van der Waals surface area contributed by atoms with E-state index in [0.717, 1.165) is 12.2 Å². The van der Waals surface area contributed by atoms with Crippen molar-refractivity contribution in [2.75, 3.05) is 0 Å². The monoisotopic (exact) mass is 256 g/mol. The Morgan fingerprint density at radius 2 is 1.56 bits per heavy atom. The number of rotatable bonds is 3. The van der Waals surface area contributed by atoms with E-state index in [1.165, 1.54) is 13.8 Å². The molecule has 0 unspecified atom stereocenters. The minimum absolute atomic E-state index is 0.315. The molecule has 1 heterocycles. The molecule has 0 amide bonds. The summed E-state index contributed by atoms with van der Waals surface area (Å²) in [5, 5.41) is 16.9. The number of ether oxygens (including phenoxy) is 1. The van der Waals surface area contributed by atoms with E-state index in [4.69, 9.17) is 10.2 Å². The van der Waals surface area contributed by atoms with E-state index in [-0.39, 0.29) is 5.57 Å². The van der Waals surface area contributed by atoms with Gasteiger partial charge in [-0.2, -0.15) is 0 Å². The van der Waals surface area contributed by atoms with E-state index in [1.807, 2.05) is 0 Å². The van der Waals surface area contributed by atoms with Gasteiger partial charge in [0.1, 0.15) is 0 Å². The molecule has 0 aromatic heterocycles. The number of aliphatic carboxylic acids is 2. The number of hydrogen-bond acceptors (Lipinski definition) is 5. The van der Waals surface area contributed by atoms with Gasteiger partial charge in [0.05, 0.1) is 5.41 Å². The topological polar surface area (TPSA) is 118 Å². The van der Waals surface area contributed by atoms with Crippen LogP contribution in [-0.2, 0) is 23.9 Å². The van der Waals surface area contributed by atoms with Crippen LogP contribution in [0.5, 0.6) is 0 Å². The fourth-order valence-electron chi connectivity index (χ4n) is 0.700. The molecule has 0 aliphatic carbocycles. The number of esters is 2. The van der Waals surface area contributed by atoms with Gasteiger partial charge in [0.15, 0.2) is 0 Å². The largest absolute Gasteiger partial charge is 0.481 e. The molecule has 7 nitrogen and oxygen atoms in total. The standard InChI is InChI=1S/C7H10O4.C4H2O3/c1-4(5(8)9)7(2,3)6(10)11;5-3-1-2-4(6)7-3/h1H2,2-3H3,(H,8,9)(H,10,11);1-2H. The van der Waals surface area contributed by atoms with Crippen LogP contribution in [0.15, 0.2) is 24.3 Å². The zero-order valence-corrected chi connectivity index (χ0v) is 9.80. The van der Waals surface area contributed by atoms with E-state index in [9.17, 15) is 19.2 Å². The number of carbonyl (C=O) groups excluding carboxylic acids is 2. The molecule has 2 N–H and O–H groups in total. The van der Waals surface area contributed by atoms with Crippen LogP contribution in [0.2, 0.25) is 0 Å². The van der Waals surface area contributed by atoms with Crippen molar-refractivity contribution >= 4 is 23.9 Å². The van der Waals surface area contributed by atoms with Gasteiger partial charge in [0, 0.05) is 17.7 Å². The van der Waals surface area contributed by atoms with Gasteiger partial charge >= 0.3 is 23.9 Å². The number of carbonyl (C=O) groups is 4. The van der Waals surface area contributed by atoms with Crippen molar-refractivity contribution in [3.05, 3.63) is 24.3 Å². The summed E-state index contributed by atoms with van der Waals surface area (Å²) in [5.41, 5.74) is -1.71. The fourth-order valence-corrected chi connectivity index (χ4v) is 0.700. The summed E-state index contributed by atoms with van der Waals surface area (Å²) in [6.07, 6.45) is 2.17. The first-order valence-electron chi connectivity index (χ1n) is 4.69. The van der Waals surface area contributed by atoms with Gasteiger partial charge in [-0.25, -0.2) is 14.4 Å². The second-order valence-corrected chi connectivity index (χ2v) is 3.79. The Hall–Kier alpha value is -2.44. The van der Waals surface area contributed by atoms with Crippen molar-refractivity contribution in [2.24, 2.45) is 5.41 Å². The van der Waals surface area contributed by atoms with E-state index >= 15 is 0 Å². The molecule has 1 aliphatic heterocycles. The zero-order chi connectivity index (χ0) is 14.5. The smallest absolute Gasteiger partial charge is 0.338 e. The fraction of sp³-hybridized carbons (Fsp3) is 0.273. The molecule has 1 rings (SSSR count). The molecule has 98 valence electrons.